The van der Waals surface area contributed by atoms with Crippen LogP contribution in [-0.4, -0.2) is 12.4 Å². The first-order valence-electron chi connectivity index (χ1n) is 5.64. The van der Waals surface area contributed by atoms with Gasteiger partial charge in [0.25, 0.3) is 0 Å². The van der Waals surface area contributed by atoms with Crippen LogP contribution in [0, 0.1) is 0 Å². The van der Waals surface area contributed by atoms with E-state index >= 15 is 0 Å². The van der Waals surface area contributed by atoms with E-state index in [1.807, 2.05) is 13.8 Å². The largest absolute Gasteiger partial charge is 0.494 e. The Morgan fingerprint density at radius 3 is 2.69 bits per heavy atom. The van der Waals surface area contributed by atoms with Crippen LogP contribution >= 0.6 is 11.6 Å². The number of benzene rings is 1. The summed E-state index contributed by atoms with van der Waals surface area (Å²) in [5.41, 5.74) is 0.567. The molecule has 0 heterocycles. The Labute approximate surface area is 102 Å². The van der Waals surface area contributed by atoms with Gasteiger partial charge in [-0.05, 0) is 31.0 Å². The van der Waals surface area contributed by atoms with Gasteiger partial charge in [-0.1, -0.05) is 25.4 Å². The average Bonchev–Trinajstić information content (AvgIpc) is 2.28. The SMILES string of the molecule is CCCOc1ccc(Cl)c(C(=O)CCC)c1. The molecule has 0 unspecified atom stereocenters. The van der Waals surface area contributed by atoms with Crippen LogP contribution in [0.3, 0.4) is 0 Å². The molecule has 0 aliphatic carbocycles. The van der Waals surface area contributed by atoms with Crippen molar-refractivity contribution in [3.8, 4) is 5.75 Å². The number of ketones is 1. The standard InChI is InChI=1S/C13H17ClO2/c1-3-5-13(15)11-9-10(16-8-4-2)6-7-12(11)14/h6-7,9H,3-5,8H2,1-2H3. The number of hydrogen-bond donors (Lipinski definition) is 0. The van der Waals surface area contributed by atoms with Crippen molar-refractivity contribution in [3.63, 3.8) is 0 Å². The molecule has 1 rings (SSSR count). The van der Waals surface area contributed by atoms with E-state index in [2.05, 4.69) is 0 Å². The van der Waals surface area contributed by atoms with E-state index in [0.29, 0.717) is 29.4 Å². The third kappa shape index (κ3) is 3.53. The number of carbonyl (C=O) groups is 1. The Hall–Kier alpha value is -1.02. The minimum atomic E-state index is 0.0782. The van der Waals surface area contributed by atoms with E-state index in [-0.39, 0.29) is 5.78 Å². The second-order valence-corrected chi connectivity index (χ2v) is 4.07. The molecular weight excluding hydrogens is 224 g/mol. The third-order valence-electron chi connectivity index (χ3n) is 2.19. The van der Waals surface area contributed by atoms with Crippen LogP contribution in [-0.2, 0) is 0 Å². The molecule has 0 spiro atoms. The van der Waals surface area contributed by atoms with Crippen LogP contribution in [0.5, 0.6) is 5.75 Å². The normalized spacial score (nSPS) is 10.2. The zero-order valence-corrected chi connectivity index (χ0v) is 10.5. The van der Waals surface area contributed by atoms with Crippen LogP contribution in [0.4, 0.5) is 0 Å². The van der Waals surface area contributed by atoms with Gasteiger partial charge in [0.1, 0.15) is 5.75 Å². The van der Waals surface area contributed by atoms with Gasteiger partial charge in [-0.15, -0.1) is 0 Å². The summed E-state index contributed by atoms with van der Waals surface area (Å²) in [5, 5.41) is 0.502. The highest BCUT2D eigenvalue weighted by atomic mass is 35.5. The fraction of sp³-hybridized carbons (Fsp3) is 0.462. The lowest BCUT2D eigenvalue weighted by molar-refractivity contribution is 0.0981. The van der Waals surface area contributed by atoms with Crippen LogP contribution in [0.15, 0.2) is 18.2 Å². The first-order chi connectivity index (χ1) is 7.69. The summed E-state index contributed by atoms with van der Waals surface area (Å²) in [6.07, 6.45) is 2.30. The molecule has 2 nitrogen and oxygen atoms in total. The molecule has 0 saturated heterocycles. The summed E-state index contributed by atoms with van der Waals surface area (Å²) >= 11 is 5.98. The Balaban J connectivity index is 2.85. The summed E-state index contributed by atoms with van der Waals surface area (Å²) in [5.74, 6) is 0.792. The number of Topliss-reactive ketones (excluding diaryl/α,β-unsaturated/α-hetero) is 1. The van der Waals surface area contributed by atoms with E-state index in [9.17, 15) is 4.79 Å². The van der Waals surface area contributed by atoms with Gasteiger partial charge in [0.05, 0.1) is 11.6 Å². The molecule has 88 valence electrons. The minimum absolute atomic E-state index is 0.0782. The summed E-state index contributed by atoms with van der Waals surface area (Å²) < 4.78 is 5.47. The first-order valence-corrected chi connectivity index (χ1v) is 6.02. The Bertz CT molecular complexity index is 361. The molecule has 0 saturated carbocycles. The van der Waals surface area contributed by atoms with Crippen molar-refractivity contribution < 1.29 is 9.53 Å². The monoisotopic (exact) mass is 240 g/mol. The van der Waals surface area contributed by atoms with E-state index in [1.165, 1.54) is 0 Å². The fourth-order valence-corrected chi connectivity index (χ4v) is 1.61. The molecule has 0 aliphatic rings. The lowest BCUT2D eigenvalue weighted by atomic mass is 10.1. The zero-order valence-electron chi connectivity index (χ0n) is 9.75. The van der Waals surface area contributed by atoms with Crippen LogP contribution in [0.25, 0.3) is 0 Å². The zero-order chi connectivity index (χ0) is 12.0. The van der Waals surface area contributed by atoms with Gasteiger partial charge in [-0.3, -0.25) is 4.79 Å². The maximum absolute atomic E-state index is 11.8. The maximum atomic E-state index is 11.8. The van der Waals surface area contributed by atoms with E-state index in [0.717, 1.165) is 12.8 Å². The van der Waals surface area contributed by atoms with E-state index < -0.39 is 0 Å². The van der Waals surface area contributed by atoms with Gasteiger partial charge >= 0.3 is 0 Å². The Morgan fingerprint density at radius 2 is 2.06 bits per heavy atom. The van der Waals surface area contributed by atoms with Crippen molar-refractivity contribution in [1.29, 1.82) is 0 Å². The highest BCUT2D eigenvalue weighted by Crippen LogP contribution is 2.23. The first kappa shape index (κ1) is 13.0. The molecule has 0 N–H and O–H groups in total. The van der Waals surface area contributed by atoms with Gasteiger partial charge in [0.2, 0.25) is 0 Å². The highest BCUT2D eigenvalue weighted by Gasteiger charge is 2.10. The van der Waals surface area contributed by atoms with Crippen molar-refractivity contribution in [2.45, 2.75) is 33.1 Å². The quantitative estimate of drug-likeness (QED) is 0.700. The summed E-state index contributed by atoms with van der Waals surface area (Å²) in [6.45, 7) is 4.67. The molecule has 0 atom stereocenters. The second kappa shape index (κ2) is 6.54. The summed E-state index contributed by atoms with van der Waals surface area (Å²) in [6, 6.07) is 5.24. The number of hydrogen-bond acceptors (Lipinski definition) is 2. The average molecular weight is 241 g/mol. The van der Waals surface area contributed by atoms with Gasteiger partial charge in [0, 0.05) is 12.0 Å². The van der Waals surface area contributed by atoms with E-state index in [1.54, 1.807) is 18.2 Å². The molecule has 0 radical (unpaired) electrons. The fourth-order valence-electron chi connectivity index (χ4n) is 1.39. The van der Waals surface area contributed by atoms with Gasteiger partial charge in [-0.2, -0.15) is 0 Å². The topological polar surface area (TPSA) is 26.3 Å². The molecular formula is C13H17ClO2. The predicted octanol–water partition coefficient (Wildman–Crippen LogP) is 4.11. The molecule has 0 aromatic heterocycles. The van der Waals surface area contributed by atoms with Gasteiger partial charge in [-0.25, -0.2) is 0 Å². The number of carbonyl (C=O) groups excluding carboxylic acids is 1. The van der Waals surface area contributed by atoms with E-state index in [4.69, 9.17) is 16.3 Å². The number of halogens is 1. The van der Waals surface area contributed by atoms with Crippen molar-refractivity contribution in [3.05, 3.63) is 28.8 Å². The van der Waals surface area contributed by atoms with Gasteiger partial charge in [0.15, 0.2) is 5.78 Å². The maximum Gasteiger partial charge on any atom is 0.164 e. The predicted molar refractivity (Wildman–Crippen MR) is 66.5 cm³/mol. The minimum Gasteiger partial charge on any atom is -0.494 e. The molecule has 0 aliphatic heterocycles. The molecule has 0 amide bonds. The van der Waals surface area contributed by atoms with Crippen molar-refractivity contribution in [2.24, 2.45) is 0 Å². The Morgan fingerprint density at radius 1 is 1.31 bits per heavy atom. The number of ether oxygens (including phenoxy) is 1. The van der Waals surface area contributed by atoms with Crippen molar-refractivity contribution in [1.82, 2.24) is 0 Å². The summed E-state index contributed by atoms with van der Waals surface area (Å²) in [4.78, 5) is 11.8. The molecule has 0 fully saturated rings. The number of rotatable bonds is 6. The van der Waals surface area contributed by atoms with Crippen molar-refractivity contribution in [2.75, 3.05) is 6.61 Å². The molecule has 1 aromatic carbocycles. The third-order valence-corrected chi connectivity index (χ3v) is 2.52. The molecule has 0 bridgehead atoms. The molecule has 1 aromatic rings. The molecule has 3 heteroatoms. The smallest absolute Gasteiger partial charge is 0.164 e. The van der Waals surface area contributed by atoms with Crippen LogP contribution in [0.2, 0.25) is 5.02 Å². The molecule has 16 heavy (non-hydrogen) atoms. The lowest BCUT2D eigenvalue weighted by Crippen LogP contribution is -2.01. The second-order valence-electron chi connectivity index (χ2n) is 3.66. The Kier molecular flexibility index (Phi) is 5.33. The summed E-state index contributed by atoms with van der Waals surface area (Å²) in [7, 11) is 0. The van der Waals surface area contributed by atoms with Gasteiger partial charge < -0.3 is 4.74 Å². The highest BCUT2D eigenvalue weighted by molar-refractivity contribution is 6.34. The van der Waals surface area contributed by atoms with Crippen LogP contribution in [0.1, 0.15) is 43.5 Å². The van der Waals surface area contributed by atoms with Crippen molar-refractivity contribution >= 4 is 17.4 Å². The van der Waals surface area contributed by atoms with Crippen LogP contribution < -0.4 is 4.74 Å². The lowest BCUT2D eigenvalue weighted by Gasteiger charge is -2.08.